The summed E-state index contributed by atoms with van der Waals surface area (Å²) in [7, 11) is 0. The molecule has 0 aromatic heterocycles. The number of carbonyl (C=O) groups excluding carboxylic acids is 8. The van der Waals surface area contributed by atoms with Crippen LogP contribution in [0, 0.1) is 5.92 Å². The average Bonchev–Trinajstić information content (AvgIpc) is 3.69. The Labute approximate surface area is 339 Å². The smallest absolute Gasteiger partial charge is 0.325 e. The number of hydrogen-bond donors (Lipinski definition) is 14. The summed E-state index contributed by atoms with van der Waals surface area (Å²) < 4.78 is 0. The normalized spacial score (nSPS) is 16.3. The number of carboxylic acids is 2. The minimum atomic E-state index is -1.75. The van der Waals surface area contributed by atoms with Gasteiger partial charge in [0.15, 0.2) is 5.96 Å². The van der Waals surface area contributed by atoms with E-state index in [2.05, 4.69) is 52.8 Å². The van der Waals surface area contributed by atoms with Crippen molar-refractivity contribution in [3.05, 3.63) is 0 Å². The van der Waals surface area contributed by atoms with Gasteiger partial charge < -0.3 is 74.6 Å². The number of nitrogens with one attached hydrogen (secondary N) is 9. The molecule has 1 saturated heterocycles. The molecule has 16 N–H and O–H groups in total. The first kappa shape index (κ1) is 50.9. The van der Waals surface area contributed by atoms with Crippen molar-refractivity contribution in [2.24, 2.45) is 22.4 Å². The summed E-state index contributed by atoms with van der Waals surface area (Å²) in [6, 6.07) is -7.56. The van der Waals surface area contributed by atoms with Gasteiger partial charge in [0.05, 0.1) is 38.2 Å². The molecule has 1 aliphatic heterocycles. The first-order chi connectivity index (χ1) is 27.6. The number of nitrogens with zero attached hydrogens (tertiary/aromatic N) is 1. The average molecular weight is 843 g/mol. The molecule has 25 nitrogen and oxygen atoms in total. The Hall–Kier alpha value is -6.11. The number of aliphatic imine (C=N–C) groups is 1. The largest absolute Gasteiger partial charge is 0.481 e. The molecule has 0 spiro atoms. The van der Waals surface area contributed by atoms with Crippen molar-refractivity contribution >= 4 is 65.2 Å². The molecule has 1 fully saturated rings. The van der Waals surface area contributed by atoms with Gasteiger partial charge in [0, 0.05) is 6.54 Å². The van der Waals surface area contributed by atoms with E-state index in [0.29, 0.717) is 13.0 Å². The Balaban J connectivity index is 2.94. The molecule has 0 saturated carbocycles. The highest BCUT2D eigenvalue weighted by Gasteiger charge is 2.32. The monoisotopic (exact) mass is 842 g/mol. The van der Waals surface area contributed by atoms with Gasteiger partial charge >= 0.3 is 11.9 Å². The van der Waals surface area contributed by atoms with Gasteiger partial charge in [-0.3, -0.25) is 52.9 Å². The molecule has 7 atom stereocenters. The number of amides is 8. The summed E-state index contributed by atoms with van der Waals surface area (Å²) >= 11 is 0. The highest BCUT2D eigenvalue weighted by atomic mass is 16.4. The van der Waals surface area contributed by atoms with E-state index in [-0.39, 0.29) is 37.7 Å². The van der Waals surface area contributed by atoms with Crippen LogP contribution in [0.4, 0.5) is 0 Å². The van der Waals surface area contributed by atoms with E-state index < -0.39 is 128 Å². The van der Waals surface area contributed by atoms with Gasteiger partial charge in [0.25, 0.3) is 0 Å². The minimum absolute atomic E-state index is 0.0182. The summed E-state index contributed by atoms with van der Waals surface area (Å²) in [4.78, 5) is 129. The van der Waals surface area contributed by atoms with E-state index in [1.807, 2.05) is 0 Å². The fourth-order valence-corrected chi connectivity index (χ4v) is 5.40. The Bertz CT molecular complexity index is 1550. The van der Waals surface area contributed by atoms with Crippen LogP contribution in [0.3, 0.4) is 0 Å². The number of nitrogens with two attached hydrogens (primary N) is 2. The molecule has 25 heteroatoms. The molecule has 59 heavy (non-hydrogen) atoms. The maximum Gasteiger partial charge on any atom is 0.325 e. The van der Waals surface area contributed by atoms with Crippen molar-refractivity contribution in [1.82, 2.24) is 47.9 Å². The lowest BCUT2D eigenvalue weighted by atomic mass is 10.0. The SMILES string of the molecule is CC(C)C[C@H](NC(=O)[C@H](CC(=O)O)NC(=O)CNC(=O)[C@H](CCCN=C(N)N)NC(=O)CNC(=O)[C@@H](NC(=O)[C@@H]1CCCN1)[C@@H](C)O)C(=O)NCC(=O)N[C@@H](C)C(=O)O. The molecule has 0 unspecified atom stereocenters. The zero-order valence-electron chi connectivity index (χ0n) is 33.4. The molecule has 8 amide bonds. The lowest BCUT2D eigenvalue weighted by molar-refractivity contribution is -0.141. The summed E-state index contributed by atoms with van der Waals surface area (Å²) in [5, 5.41) is 49.8. The van der Waals surface area contributed by atoms with E-state index in [0.717, 1.165) is 6.42 Å². The maximum atomic E-state index is 13.2. The molecule has 0 aromatic rings. The first-order valence-corrected chi connectivity index (χ1v) is 18.8. The number of carboxylic acid groups (broad SMARTS) is 2. The molecule has 0 aliphatic carbocycles. The predicted molar refractivity (Wildman–Crippen MR) is 206 cm³/mol. The van der Waals surface area contributed by atoms with Crippen LogP contribution in [0.5, 0.6) is 0 Å². The molecule has 0 aromatic carbocycles. The van der Waals surface area contributed by atoms with E-state index in [9.17, 15) is 58.2 Å². The van der Waals surface area contributed by atoms with Crippen LogP contribution in [0.1, 0.15) is 66.2 Å². The van der Waals surface area contributed by atoms with Gasteiger partial charge in [0.1, 0.15) is 30.2 Å². The molecular formula is C34H58N12O13. The van der Waals surface area contributed by atoms with Crippen molar-refractivity contribution in [3.63, 3.8) is 0 Å². The van der Waals surface area contributed by atoms with E-state index >= 15 is 0 Å². The number of aliphatic hydroxyl groups excluding tert-OH is 1. The molecule has 1 heterocycles. The number of aliphatic carboxylic acids is 2. The van der Waals surface area contributed by atoms with Crippen LogP contribution in [-0.4, -0.2) is 156 Å². The van der Waals surface area contributed by atoms with Crippen molar-refractivity contribution in [1.29, 1.82) is 0 Å². The minimum Gasteiger partial charge on any atom is -0.481 e. The Morgan fingerprint density at radius 3 is 1.75 bits per heavy atom. The van der Waals surface area contributed by atoms with E-state index in [4.69, 9.17) is 16.6 Å². The maximum absolute atomic E-state index is 13.2. The fraction of sp³-hybridized carbons (Fsp3) is 0.676. The van der Waals surface area contributed by atoms with Gasteiger partial charge in [0.2, 0.25) is 47.3 Å². The van der Waals surface area contributed by atoms with Crippen LogP contribution < -0.4 is 59.3 Å². The third-order valence-corrected chi connectivity index (χ3v) is 8.42. The molecule has 332 valence electrons. The highest BCUT2D eigenvalue weighted by molar-refractivity contribution is 5.97. The van der Waals surface area contributed by atoms with Crippen LogP contribution >= 0.6 is 0 Å². The lowest BCUT2D eigenvalue weighted by Crippen LogP contribution is -2.57. The zero-order chi connectivity index (χ0) is 44.8. The summed E-state index contributed by atoms with van der Waals surface area (Å²) in [5.74, 6) is -10.2. The second kappa shape index (κ2) is 26.0. The summed E-state index contributed by atoms with van der Waals surface area (Å²) in [6.07, 6.45) is -0.881. The predicted octanol–water partition coefficient (Wildman–Crippen LogP) is -6.43. The van der Waals surface area contributed by atoms with Crippen molar-refractivity contribution in [2.45, 2.75) is 109 Å². The number of hydrogen-bond acceptors (Lipinski definition) is 13. The summed E-state index contributed by atoms with van der Waals surface area (Å²) in [6.45, 7) is 4.43. The van der Waals surface area contributed by atoms with Crippen LogP contribution in [0.25, 0.3) is 0 Å². The third kappa shape index (κ3) is 20.8. The van der Waals surface area contributed by atoms with E-state index in [1.54, 1.807) is 13.8 Å². The molecule has 1 aliphatic rings. The quantitative estimate of drug-likeness (QED) is 0.0219. The van der Waals surface area contributed by atoms with E-state index in [1.165, 1.54) is 13.8 Å². The zero-order valence-corrected chi connectivity index (χ0v) is 33.4. The van der Waals surface area contributed by atoms with Gasteiger partial charge in [-0.15, -0.1) is 0 Å². The topological polar surface area (TPSA) is 404 Å². The molecule has 0 radical (unpaired) electrons. The standard InChI is InChI=1S/C34H58N12O13/c1-16(2)11-21(29(54)40-13-23(48)42-17(3)33(58)59)45-31(56)22(12-26(51)52)44-25(50)14-39-28(53)20(8-6-10-38-34(35)36)43-24(49)15-41-32(57)27(18(4)47)46-30(55)19-7-5-9-37-19/h16-22,27,37,47H,5-15H2,1-4H3,(H,39,53)(H,40,54)(H,41,57)(H,42,48)(H,43,49)(H,44,50)(H,45,56)(H,46,55)(H,51,52)(H,58,59)(H4,35,36,38)/t17-,18+,19-,20-,21-,22-,27-/m0/s1. The summed E-state index contributed by atoms with van der Waals surface area (Å²) in [5.41, 5.74) is 10.7. The Morgan fingerprint density at radius 2 is 1.25 bits per heavy atom. The first-order valence-electron chi connectivity index (χ1n) is 18.8. The number of rotatable bonds is 26. The molecule has 1 rings (SSSR count). The van der Waals surface area contributed by atoms with Gasteiger partial charge in [-0.1, -0.05) is 13.8 Å². The van der Waals surface area contributed by atoms with Crippen molar-refractivity contribution in [3.8, 4) is 0 Å². The highest BCUT2D eigenvalue weighted by Crippen LogP contribution is 2.08. The Morgan fingerprint density at radius 1 is 0.712 bits per heavy atom. The van der Waals surface area contributed by atoms with Crippen LogP contribution in [0.2, 0.25) is 0 Å². The number of aliphatic hydroxyl groups is 1. The van der Waals surface area contributed by atoms with Gasteiger partial charge in [-0.25, -0.2) is 0 Å². The van der Waals surface area contributed by atoms with Crippen molar-refractivity contribution < 1.29 is 63.3 Å². The van der Waals surface area contributed by atoms with Crippen LogP contribution in [0.15, 0.2) is 4.99 Å². The van der Waals surface area contributed by atoms with Crippen molar-refractivity contribution in [2.75, 3.05) is 32.7 Å². The molecular weight excluding hydrogens is 784 g/mol. The van der Waals surface area contributed by atoms with Gasteiger partial charge in [-0.2, -0.15) is 0 Å². The fourth-order valence-electron chi connectivity index (χ4n) is 5.40. The number of carbonyl (C=O) groups is 10. The molecule has 0 bridgehead atoms. The lowest BCUT2D eigenvalue weighted by Gasteiger charge is -2.24. The second-order valence-corrected chi connectivity index (χ2v) is 14.1. The van der Waals surface area contributed by atoms with Gasteiger partial charge in [-0.05, 0) is 58.4 Å². The Kier molecular flexibility index (Phi) is 22.4. The second-order valence-electron chi connectivity index (χ2n) is 14.1. The van der Waals surface area contributed by atoms with Crippen LogP contribution in [-0.2, 0) is 47.9 Å². The number of guanidine groups is 1. The third-order valence-electron chi connectivity index (χ3n) is 8.42.